The van der Waals surface area contributed by atoms with Crippen molar-refractivity contribution in [3.8, 4) is 11.1 Å². The average Bonchev–Trinajstić information content (AvgIpc) is 2.98. The van der Waals surface area contributed by atoms with Gasteiger partial charge in [-0.1, -0.05) is 6.07 Å². The van der Waals surface area contributed by atoms with Crippen LogP contribution in [0.1, 0.15) is 25.7 Å². The standard InChI is InChI=1S/C18H21N5O/c19-18-15-9-11(1-6-16(15)22-23-18)12-7-8-20-17(10-12)21-13-2-4-14(24)5-3-13/h1,6-10,13-14,24H,2-5H2,(H,20,21)(H3,19,22,23). The number of anilines is 2. The number of nitrogens with zero attached hydrogens (tertiary/aromatic N) is 2. The van der Waals surface area contributed by atoms with E-state index in [9.17, 15) is 5.11 Å². The molecule has 2 aromatic heterocycles. The van der Waals surface area contributed by atoms with E-state index in [-0.39, 0.29) is 6.10 Å². The summed E-state index contributed by atoms with van der Waals surface area (Å²) in [6.07, 6.45) is 5.34. The molecule has 0 bridgehead atoms. The summed E-state index contributed by atoms with van der Waals surface area (Å²) in [7, 11) is 0. The van der Waals surface area contributed by atoms with Gasteiger partial charge in [-0.25, -0.2) is 4.98 Å². The molecule has 124 valence electrons. The van der Waals surface area contributed by atoms with Crippen molar-refractivity contribution in [3.05, 3.63) is 36.5 Å². The molecule has 6 heteroatoms. The number of hydrogen-bond acceptors (Lipinski definition) is 5. The Morgan fingerprint density at radius 1 is 1.08 bits per heavy atom. The van der Waals surface area contributed by atoms with E-state index in [1.165, 1.54) is 0 Å². The highest BCUT2D eigenvalue weighted by molar-refractivity contribution is 5.92. The smallest absolute Gasteiger partial charge is 0.153 e. The lowest BCUT2D eigenvalue weighted by Gasteiger charge is -2.26. The van der Waals surface area contributed by atoms with Crippen molar-refractivity contribution >= 4 is 22.5 Å². The molecule has 2 heterocycles. The van der Waals surface area contributed by atoms with Crippen molar-refractivity contribution in [2.24, 2.45) is 0 Å². The predicted molar refractivity (Wildman–Crippen MR) is 95.6 cm³/mol. The minimum Gasteiger partial charge on any atom is -0.393 e. The Morgan fingerprint density at radius 2 is 1.88 bits per heavy atom. The third kappa shape index (κ3) is 2.92. The Morgan fingerprint density at radius 3 is 2.71 bits per heavy atom. The van der Waals surface area contributed by atoms with Gasteiger partial charge in [0.15, 0.2) is 5.82 Å². The van der Waals surface area contributed by atoms with Crippen molar-refractivity contribution in [2.75, 3.05) is 11.1 Å². The molecule has 5 N–H and O–H groups in total. The van der Waals surface area contributed by atoms with Crippen LogP contribution in [0.15, 0.2) is 36.5 Å². The number of aromatic amines is 1. The monoisotopic (exact) mass is 323 g/mol. The van der Waals surface area contributed by atoms with E-state index in [0.717, 1.165) is 53.5 Å². The van der Waals surface area contributed by atoms with Crippen LogP contribution in [0.25, 0.3) is 22.0 Å². The number of benzene rings is 1. The number of nitrogens with one attached hydrogen (secondary N) is 2. The molecule has 0 spiro atoms. The average molecular weight is 323 g/mol. The van der Waals surface area contributed by atoms with Gasteiger partial charge in [0.05, 0.1) is 11.6 Å². The normalized spacial score (nSPS) is 21.0. The molecule has 24 heavy (non-hydrogen) atoms. The maximum absolute atomic E-state index is 9.62. The molecule has 0 atom stereocenters. The van der Waals surface area contributed by atoms with Gasteiger partial charge in [0, 0.05) is 17.6 Å². The van der Waals surface area contributed by atoms with Crippen LogP contribution in [0.4, 0.5) is 11.6 Å². The van der Waals surface area contributed by atoms with Crippen molar-refractivity contribution < 1.29 is 5.11 Å². The zero-order valence-electron chi connectivity index (χ0n) is 13.4. The zero-order chi connectivity index (χ0) is 16.5. The summed E-state index contributed by atoms with van der Waals surface area (Å²) in [4.78, 5) is 4.43. The summed E-state index contributed by atoms with van der Waals surface area (Å²) in [6, 6.07) is 10.5. The van der Waals surface area contributed by atoms with E-state index in [2.05, 4.69) is 32.6 Å². The molecule has 1 aliphatic carbocycles. The number of aromatic nitrogens is 3. The highest BCUT2D eigenvalue weighted by atomic mass is 16.3. The number of aliphatic hydroxyl groups excluding tert-OH is 1. The van der Waals surface area contributed by atoms with Crippen LogP contribution in [0.3, 0.4) is 0 Å². The number of H-pyrrole nitrogens is 1. The Balaban J connectivity index is 1.58. The van der Waals surface area contributed by atoms with Gasteiger partial charge in [-0.3, -0.25) is 5.10 Å². The van der Waals surface area contributed by atoms with Crippen molar-refractivity contribution in [3.63, 3.8) is 0 Å². The molecule has 0 amide bonds. The highest BCUT2D eigenvalue weighted by Gasteiger charge is 2.19. The molecule has 0 saturated heterocycles. The Hall–Kier alpha value is -2.60. The topological polar surface area (TPSA) is 99.9 Å². The highest BCUT2D eigenvalue weighted by Crippen LogP contribution is 2.28. The molecule has 1 saturated carbocycles. The van der Waals surface area contributed by atoms with E-state index in [1.807, 2.05) is 24.4 Å². The van der Waals surface area contributed by atoms with Gasteiger partial charge in [0.25, 0.3) is 0 Å². The Kier molecular flexibility index (Phi) is 3.82. The number of aliphatic hydroxyl groups is 1. The Bertz CT molecular complexity index is 851. The quantitative estimate of drug-likeness (QED) is 0.594. The number of rotatable bonds is 3. The molecular weight excluding hydrogens is 302 g/mol. The number of pyridine rings is 1. The second kappa shape index (κ2) is 6.13. The maximum Gasteiger partial charge on any atom is 0.153 e. The largest absolute Gasteiger partial charge is 0.393 e. The summed E-state index contributed by atoms with van der Waals surface area (Å²) < 4.78 is 0. The second-order valence-corrected chi connectivity index (χ2v) is 6.45. The minimum atomic E-state index is -0.144. The van der Waals surface area contributed by atoms with E-state index in [4.69, 9.17) is 5.73 Å². The number of hydrogen-bond donors (Lipinski definition) is 4. The fraction of sp³-hybridized carbons (Fsp3) is 0.333. The number of nitrogen functional groups attached to an aromatic ring is 1. The molecule has 0 unspecified atom stereocenters. The first-order chi connectivity index (χ1) is 11.7. The van der Waals surface area contributed by atoms with Gasteiger partial charge < -0.3 is 16.2 Å². The van der Waals surface area contributed by atoms with Crippen molar-refractivity contribution in [2.45, 2.75) is 37.8 Å². The maximum atomic E-state index is 9.62. The molecule has 3 aromatic rings. The molecule has 0 aliphatic heterocycles. The first kappa shape index (κ1) is 15.0. The van der Waals surface area contributed by atoms with Gasteiger partial charge in [-0.15, -0.1) is 0 Å². The van der Waals surface area contributed by atoms with Crippen LogP contribution >= 0.6 is 0 Å². The van der Waals surface area contributed by atoms with Crippen LogP contribution in [0, 0.1) is 0 Å². The SMILES string of the molecule is Nc1n[nH]c2ccc(-c3ccnc(NC4CCC(O)CC4)c3)cc12. The van der Waals surface area contributed by atoms with Crippen molar-refractivity contribution in [1.82, 2.24) is 15.2 Å². The summed E-state index contributed by atoms with van der Waals surface area (Å²) in [5.74, 6) is 1.38. The lowest BCUT2D eigenvalue weighted by Crippen LogP contribution is -2.28. The fourth-order valence-corrected chi connectivity index (χ4v) is 3.33. The summed E-state index contributed by atoms with van der Waals surface area (Å²) >= 11 is 0. The van der Waals surface area contributed by atoms with Gasteiger partial charge >= 0.3 is 0 Å². The van der Waals surface area contributed by atoms with Gasteiger partial charge in [0.2, 0.25) is 0 Å². The molecular formula is C18H21N5O. The lowest BCUT2D eigenvalue weighted by atomic mass is 9.93. The van der Waals surface area contributed by atoms with E-state index < -0.39 is 0 Å². The minimum absolute atomic E-state index is 0.144. The zero-order valence-corrected chi connectivity index (χ0v) is 13.4. The van der Waals surface area contributed by atoms with Gasteiger partial charge in [-0.2, -0.15) is 5.10 Å². The molecule has 1 aliphatic rings. The first-order valence-corrected chi connectivity index (χ1v) is 8.33. The summed E-state index contributed by atoms with van der Waals surface area (Å²) in [5.41, 5.74) is 9.01. The molecule has 0 radical (unpaired) electrons. The van der Waals surface area contributed by atoms with Crippen LogP contribution in [0.2, 0.25) is 0 Å². The third-order valence-corrected chi connectivity index (χ3v) is 4.73. The summed E-state index contributed by atoms with van der Waals surface area (Å²) in [5, 5.41) is 21.0. The number of fused-ring (bicyclic) bond motifs is 1. The summed E-state index contributed by atoms with van der Waals surface area (Å²) in [6.45, 7) is 0. The van der Waals surface area contributed by atoms with Crippen LogP contribution < -0.4 is 11.1 Å². The van der Waals surface area contributed by atoms with Gasteiger partial charge in [-0.05, 0) is 61.1 Å². The second-order valence-electron chi connectivity index (χ2n) is 6.45. The molecule has 6 nitrogen and oxygen atoms in total. The van der Waals surface area contributed by atoms with E-state index >= 15 is 0 Å². The van der Waals surface area contributed by atoms with E-state index in [0.29, 0.717) is 11.9 Å². The third-order valence-electron chi connectivity index (χ3n) is 4.73. The van der Waals surface area contributed by atoms with Crippen LogP contribution in [0.5, 0.6) is 0 Å². The van der Waals surface area contributed by atoms with E-state index in [1.54, 1.807) is 0 Å². The lowest BCUT2D eigenvalue weighted by molar-refractivity contribution is 0.126. The predicted octanol–water partition coefficient (Wildman–Crippen LogP) is 2.92. The first-order valence-electron chi connectivity index (χ1n) is 8.33. The fourth-order valence-electron chi connectivity index (χ4n) is 3.33. The van der Waals surface area contributed by atoms with Crippen LogP contribution in [-0.4, -0.2) is 32.4 Å². The van der Waals surface area contributed by atoms with Crippen LogP contribution in [-0.2, 0) is 0 Å². The molecule has 1 fully saturated rings. The van der Waals surface area contributed by atoms with Crippen molar-refractivity contribution in [1.29, 1.82) is 0 Å². The molecule has 1 aromatic carbocycles. The number of nitrogens with two attached hydrogens (primary N) is 1. The molecule has 4 rings (SSSR count). The van der Waals surface area contributed by atoms with Gasteiger partial charge in [0.1, 0.15) is 5.82 Å². The Labute approximate surface area is 140 Å².